The fourth-order valence-corrected chi connectivity index (χ4v) is 4.00. The average molecular weight is 377 g/mol. The van der Waals surface area contributed by atoms with Gasteiger partial charge in [-0.25, -0.2) is 9.97 Å². The van der Waals surface area contributed by atoms with Crippen molar-refractivity contribution in [1.29, 1.82) is 0 Å². The Morgan fingerprint density at radius 3 is 2.42 bits per heavy atom. The molecule has 2 aromatic carbocycles. The zero-order valence-corrected chi connectivity index (χ0v) is 15.4. The second-order valence-electron chi connectivity index (χ2n) is 5.65. The third-order valence-corrected chi connectivity index (χ3v) is 5.52. The van der Waals surface area contributed by atoms with Crippen LogP contribution in [0.25, 0.3) is 21.1 Å². The fraction of sp³-hybridized carbons (Fsp3) is 0.0500. The van der Waals surface area contributed by atoms with Crippen LogP contribution in [0.15, 0.2) is 71.6 Å². The Morgan fingerprint density at radius 2 is 1.69 bits per heavy atom. The van der Waals surface area contributed by atoms with Gasteiger partial charge in [0, 0.05) is 33.8 Å². The van der Waals surface area contributed by atoms with Crippen molar-refractivity contribution in [2.75, 3.05) is 5.32 Å². The highest BCUT2D eigenvalue weighted by Gasteiger charge is 2.09. The van der Waals surface area contributed by atoms with E-state index in [0.717, 1.165) is 32.5 Å². The summed E-state index contributed by atoms with van der Waals surface area (Å²) in [5.41, 5.74) is 3.67. The third-order valence-electron chi connectivity index (χ3n) is 3.76. The first-order valence-electron chi connectivity index (χ1n) is 8.07. The molecule has 0 aliphatic rings. The van der Waals surface area contributed by atoms with E-state index in [4.69, 9.17) is 0 Å². The highest BCUT2D eigenvalue weighted by molar-refractivity contribution is 7.13. The van der Waals surface area contributed by atoms with Crippen LogP contribution in [0.1, 0.15) is 5.69 Å². The topological polar surface area (TPSA) is 54.9 Å². The second kappa shape index (κ2) is 7.59. The molecular formula is C20H15N3OS2. The number of hydrogen-bond acceptors (Lipinski definition) is 5. The van der Waals surface area contributed by atoms with Gasteiger partial charge in [0.15, 0.2) is 0 Å². The summed E-state index contributed by atoms with van der Waals surface area (Å²) in [6.45, 7) is 0. The Hall–Kier alpha value is -2.83. The Balaban J connectivity index is 1.39. The maximum absolute atomic E-state index is 12.3. The van der Waals surface area contributed by atoms with E-state index in [9.17, 15) is 4.79 Å². The molecule has 4 nitrogen and oxygen atoms in total. The van der Waals surface area contributed by atoms with E-state index >= 15 is 0 Å². The number of amides is 1. The minimum atomic E-state index is -0.0723. The zero-order valence-electron chi connectivity index (χ0n) is 13.8. The smallest absolute Gasteiger partial charge is 0.230 e. The molecule has 4 rings (SSSR count). The third kappa shape index (κ3) is 3.87. The van der Waals surface area contributed by atoms with Crippen LogP contribution < -0.4 is 5.32 Å². The average Bonchev–Trinajstić information content (AvgIpc) is 3.35. The maximum Gasteiger partial charge on any atom is 0.230 e. The minimum Gasteiger partial charge on any atom is -0.326 e. The molecule has 0 aliphatic carbocycles. The summed E-state index contributed by atoms with van der Waals surface area (Å²) in [6, 6.07) is 17.7. The van der Waals surface area contributed by atoms with Crippen LogP contribution in [0.2, 0.25) is 0 Å². The normalized spacial score (nSPS) is 10.6. The van der Waals surface area contributed by atoms with Crippen LogP contribution in [0.5, 0.6) is 0 Å². The van der Waals surface area contributed by atoms with E-state index < -0.39 is 0 Å². The highest BCUT2D eigenvalue weighted by Crippen LogP contribution is 2.25. The number of thiazole rings is 2. The van der Waals surface area contributed by atoms with Crippen molar-refractivity contribution in [3.63, 3.8) is 0 Å². The van der Waals surface area contributed by atoms with Crippen LogP contribution in [0.4, 0.5) is 5.69 Å². The van der Waals surface area contributed by atoms with E-state index in [1.165, 1.54) is 0 Å². The molecule has 0 fully saturated rings. The first-order chi connectivity index (χ1) is 12.8. The molecule has 0 spiro atoms. The number of rotatable bonds is 5. The molecule has 0 aliphatic heterocycles. The van der Waals surface area contributed by atoms with Crippen molar-refractivity contribution in [3.8, 4) is 21.1 Å². The summed E-state index contributed by atoms with van der Waals surface area (Å²) in [7, 11) is 0. The Bertz CT molecular complexity index is 993. The van der Waals surface area contributed by atoms with Crippen molar-refractivity contribution in [1.82, 2.24) is 9.97 Å². The lowest BCUT2D eigenvalue weighted by Crippen LogP contribution is -2.14. The molecule has 6 heteroatoms. The van der Waals surface area contributed by atoms with Crippen LogP contribution in [0.3, 0.4) is 0 Å². The first kappa shape index (κ1) is 16.6. The molecule has 26 heavy (non-hydrogen) atoms. The van der Waals surface area contributed by atoms with Crippen molar-refractivity contribution >= 4 is 34.3 Å². The van der Waals surface area contributed by atoms with E-state index in [1.54, 1.807) is 28.9 Å². The number of carbonyl (C=O) groups excluding carboxylic acids is 1. The number of nitrogens with one attached hydrogen (secondary N) is 1. The summed E-state index contributed by atoms with van der Waals surface area (Å²) in [6.07, 6.45) is 2.05. The molecule has 0 atom stereocenters. The molecule has 2 aromatic heterocycles. The molecule has 0 unspecified atom stereocenters. The van der Waals surface area contributed by atoms with Crippen molar-refractivity contribution in [3.05, 3.63) is 77.2 Å². The Labute approximate surface area is 159 Å². The number of aromatic nitrogens is 2. The number of hydrogen-bond donors (Lipinski definition) is 1. The molecule has 0 bridgehead atoms. The van der Waals surface area contributed by atoms with Gasteiger partial charge in [-0.2, -0.15) is 0 Å². The molecule has 128 valence electrons. The Kier molecular flexibility index (Phi) is 4.86. The van der Waals surface area contributed by atoms with Gasteiger partial charge >= 0.3 is 0 Å². The van der Waals surface area contributed by atoms with Gasteiger partial charge in [-0.3, -0.25) is 4.79 Å². The monoisotopic (exact) mass is 377 g/mol. The molecule has 1 N–H and O–H groups in total. The van der Waals surface area contributed by atoms with Gasteiger partial charge in [0.25, 0.3) is 0 Å². The predicted octanol–water partition coefficient (Wildman–Crippen LogP) is 5.11. The van der Waals surface area contributed by atoms with E-state index in [2.05, 4.69) is 15.3 Å². The van der Waals surface area contributed by atoms with Gasteiger partial charge in [0.1, 0.15) is 10.0 Å². The lowest BCUT2D eigenvalue weighted by atomic mass is 10.2. The van der Waals surface area contributed by atoms with Crippen molar-refractivity contribution in [2.45, 2.75) is 6.42 Å². The quantitative estimate of drug-likeness (QED) is 0.525. The molecule has 0 saturated carbocycles. The van der Waals surface area contributed by atoms with Gasteiger partial charge in [-0.05, 0) is 24.3 Å². The summed E-state index contributed by atoms with van der Waals surface area (Å²) < 4.78 is 0. The van der Waals surface area contributed by atoms with Gasteiger partial charge in [-0.1, -0.05) is 30.3 Å². The molecule has 2 heterocycles. The van der Waals surface area contributed by atoms with Crippen LogP contribution in [0, 0.1) is 0 Å². The molecule has 0 radical (unpaired) electrons. The number of carbonyl (C=O) groups is 1. The van der Waals surface area contributed by atoms with E-state index in [-0.39, 0.29) is 12.3 Å². The van der Waals surface area contributed by atoms with Crippen LogP contribution in [-0.2, 0) is 11.2 Å². The first-order valence-corrected chi connectivity index (χ1v) is 9.83. The van der Waals surface area contributed by atoms with Gasteiger partial charge < -0.3 is 5.32 Å². The van der Waals surface area contributed by atoms with Gasteiger partial charge in [0.05, 0.1) is 12.1 Å². The predicted molar refractivity (Wildman–Crippen MR) is 107 cm³/mol. The van der Waals surface area contributed by atoms with Crippen molar-refractivity contribution < 1.29 is 4.79 Å². The van der Waals surface area contributed by atoms with Crippen LogP contribution in [-0.4, -0.2) is 15.9 Å². The lowest BCUT2D eigenvalue weighted by Gasteiger charge is -2.05. The standard InChI is InChI=1S/C20H15N3OS2/c24-18(12-17-13-26-20(23-17)14-4-2-1-3-5-14)22-16-8-6-15(7-9-16)19-21-10-11-25-19/h1-11,13H,12H2,(H,22,24). The van der Waals surface area contributed by atoms with E-state index in [0.29, 0.717) is 0 Å². The number of benzene rings is 2. The van der Waals surface area contributed by atoms with Gasteiger partial charge in [0.2, 0.25) is 5.91 Å². The summed E-state index contributed by atoms with van der Waals surface area (Å²) >= 11 is 3.15. The zero-order chi connectivity index (χ0) is 17.8. The molecular weight excluding hydrogens is 362 g/mol. The summed E-state index contributed by atoms with van der Waals surface area (Å²) in [5, 5.41) is 8.71. The highest BCUT2D eigenvalue weighted by atomic mass is 32.1. The lowest BCUT2D eigenvalue weighted by molar-refractivity contribution is -0.115. The summed E-state index contributed by atoms with van der Waals surface area (Å²) in [4.78, 5) is 21.1. The second-order valence-corrected chi connectivity index (χ2v) is 7.40. The SMILES string of the molecule is O=C(Cc1csc(-c2ccccc2)n1)Nc1ccc(-c2nccs2)cc1. The molecule has 1 amide bonds. The fourth-order valence-electron chi connectivity index (χ4n) is 2.53. The summed E-state index contributed by atoms with van der Waals surface area (Å²) in [5.74, 6) is -0.0723. The molecule has 4 aromatic rings. The van der Waals surface area contributed by atoms with Gasteiger partial charge in [-0.15, -0.1) is 22.7 Å². The van der Waals surface area contributed by atoms with E-state index in [1.807, 2.05) is 65.4 Å². The maximum atomic E-state index is 12.3. The number of nitrogens with zero attached hydrogens (tertiary/aromatic N) is 2. The minimum absolute atomic E-state index is 0.0723. The number of anilines is 1. The largest absolute Gasteiger partial charge is 0.326 e. The molecule has 0 saturated heterocycles. The van der Waals surface area contributed by atoms with Crippen molar-refractivity contribution in [2.24, 2.45) is 0 Å². The van der Waals surface area contributed by atoms with Crippen LogP contribution >= 0.6 is 22.7 Å². The Morgan fingerprint density at radius 1 is 0.923 bits per heavy atom.